The van der Waals surface area contributed by atoms with Crippen molar-refractivity contribution in [1.29, 1.82) is 5.26 Å². The van der Waals surface area contributed by atoms with E-state index in [0.29, 0.717) is 5.56 Å². The molecule has 1 aromatic rings. The summed E-state index contributed by atoms with van der Waals surface area (Å²) in [6.07, 6.45) is -4.43. The molecular weight excluding hydrogens is 193 g/mol. The van der Waals surface area contributed by atoms with Crippen LogP contribution >= 0.6 is 0 Å². The van der Waals surface area contributed by atoms with Crippen LogP contribution in [0.5, 0.6) is 0 Å². The van der Waals surface area contributed by atoms with Gasteiger partial charge in [-0.2, -0.15) is 18.4 Å². The Morgan fingerprint density at radius 3 is 2.36 bits per heavy atom. The Bertz CT molecular complexity index is 377. The van der Waals surface area contributed by atoms with E-state index in [1.807, 2.05) is 0 Å². The van der Waals surface area contributed by atoms with Crippen molar-refractivity contribution in [2.45, 2.75) is 12.7 Å². The average Bonchev–Trinajstić information content (AvgIpc) is 2.15. The molecule has 0 fully saturated rings. The van der Waals surface area contributed by atoms with Gasteiger partial charge in [-0.25, -0.2) is 0 Å². The molecule has 0 heterocycles. The molecule has 14 heavy (non-hydrogen) atoms. The van der Waals surface area contributed by atoms with E-state index >= 15 is 0 Å². The predicted molar refractivity (Wildman–Crippen MR) is 44.1 cm³/mol. The van der Waals surface area contributed by atoms with Crippen molar-refractivity contribution in [3.63, 3.8) is 0 Å². The minimum Gasteiger partial charge on any atom is -0.326 e. The van der Waals surface area contributed by atoms with E-state index in [1.165, 1.54) is 6.07 Å². The van der Waals surface area contributed by atoms with E-state index in [1.54, 1.807) is 6.07 Å². The zero-order valence-electron chi connectivity index (χ0n) is 7.10. The molecule has 0 aliphatic rings. The van der Waals surface area contributed by atoms with Crippen LogP contribution in [0, 0.1) is 11.3 Å². The number of hydrogen-bond acceptors (Lipinski definition) is 2. The molecule has 0 spiro atoms. The summed E-state index contributed by atoms with van der Waals surface area (Å²) in [6.45, 7) is -0.0153. The van der Waals surface area contributed by atoms with E-state index in [9.17, 15) is 13.2 Å². The highest BCUT2D eigenvalue weighted by molar-refractivity contribution is 5.38. The van der Waals surface area contributed by atoms with Crippen LogP contribution in [0.15, 0.2) is 18.2 Å². The molecule has 74 valence electrons. The second-order valence-corrected chi connectivity index (χ2v) is 2.73. The van der Waals surface area contributed by atoms with Gasteiger partial charge in [0.15, 0.2) is 0 Å². The number of rotatable bonds is 1. The van der Waals surface area contributed by atoms with Crippen LogP contribution in [0.25, 0.3) is 0 Å². The number of halogens is 3. The van der Waals surface area contributed by atoms with E-state index in [-0.39, 0.29) is 12.1 Å². The first kappa shape index (κ1) is 10.5. The monoisotopic (exact) mass is 200 g/mol. The zero-order chi connectivity index (χ0) is 10.8. The molecule has 0 unspecified atom stereocenters. The third kappa shape index (κ3) is 2.24. The summed E-state index contributed by atoms with van der Waals surface area (Å²) < 4.78 is 36.8. The molecule has 0 atom stereocenters. The van der Waals surface area contributed by atoms with Crippen molar-refractivity contribution in [3.05, 3.63) is 34.9 Å². The smallest absolute Gasteiger partial charge is 0.326 e. The summed E-state index contributed by atoms with van der Waals surface area (Å²) in [5.74, 6) is 0. The highest BCUT2D eigenvalue weighted by Gasteiger charge is 2.31. The van der Waals surface area contributed by atoms with Crippen LogP contribution in [-0.4, -0.2) is 0 Å². The molecule has 0 radical (unpaired) electrons. The normalized spacial score (nSPS) is 11.1. The van der Waals surface area contributed by atoms with Gasteiger partial charge < -0.3 is 5.73 Å². The lowest BCUT2D eigenvalue weighted by Gasteiger charge is -2.08. The van der Waals surface area contributed by atoms with Crippen molar-refractivity contribution in [2.24, 2.45) is 5.73 Å². The van der Waals surface area contributed by atoms with Gasteiger partial charge >= 0.3 is 6.18 Å². The van der Waals surface area contributed by atoms with Crippen molar-refractivity contribution in [1.82, 2.24) is 0 Å². The van der Waals surface area contributed by atoms with Gasteiger partial charge in [0.25, 0.3) is 0 Å². The van der Waals surface area contributed by atoms with Crippen LogP contribution in [-0.2, 0) is 12.7 Å². The number of nitriles is 1. The average molecular weight is 200 g/mol. The van der Waals surface area contributed by atoms with Crippen LogP contribution < -0.4 is 5.73 Å². The third-order valence-corrected chi connectivity index (χ3v) is 1.68. The van der Waals surface area contributed by atoms with Crippen molar-refractivity contribution >= 4 is 0 Å². The lowest BCUT2D eigenvalue weighted by molar-refractivity contribution is -0.137. The summed E-state index contributed by atoms with van der Waals surface area (Å²) in [4.78, 5) is 0. The minimum absolute atomic E-state index is 0.0153. The van der Waals surface area contributed by atoms with Gasteiger partial charge in [-0.15, -0.1) is 0 Å². The second kappa shape index (κ2) is 3.68. The predicted octanol–water partition coefficient (Wildman–Crippen LogP) is 2.04. The fraction of sp³-hybridized carbons (Fsp3) is 0.222. The maximum Gasteiger partial charge on any atom is 0.416 e. The Balaban J connectivity index is 3.26. The van der Waals surface area contributed by atoms with Gasteiger partial charge in [0, 0.05) is 6.54 Å². The summed E-state index contributed by atoms with van der Waals surface area (Å²) in [7, 11) is 0. The van der Waals surface area contributed by atoms with Gasteiger partial charge in [-0.3, -0.25) is 0 Å². The van der Waals surface area contributed by atoms with Gasteiger partial charge in [-0.1, -0.05) is 0 Å². The molecule has 2 nitrogen and oxygen atoms in total. The topological polar surface area (TPSA) is 49.8 Å². The van der Waals surface area contributed by atoms with Gasteiger partial charge in [0.1, 0.15) is 0 Å². The molecule has 0 aliphatic carbocycles. The SMILES string of the molecule is N#Cc1cc(CN)cc(C(F)(F)F)c1. The first-order valence-corrected chi connectivity index (χ1v) is 3.78. The fourth-order valence-electron chi connectivity index (χ4n) is 1.04. The number of nitrogens with two attached hydrogens (primary N) is 1. The largest absolute Gasteiger partial charge is 0.416 e. The third-order valence-electron chi connectivity index (χ3n) is 1.68. The Hall–Kier alpha value is -1.54. The summed E-state index contributed by atoms with van der Waals surface area (Å²) in [5.41, 5.74) is 4.65. The van der Waals surface area contributed by atoms with Crippen LogP contribution in [0.2, 0.25) is 0 Å². The molecule has 0 bridgehead atoms. The molecule has 0 amide bonds. The van der Waals surface area contributed by atoms with E-state index < -0.39 is 11.7 Å². The number of alkyl halides is 3. The van der Waals surface area contributed by atoms with E-state index in [4.69, 9.17) is 11.0 Å². The highest BCUT2D eigenvalue weighted by atomic mass is 19.4. The fourth-order valence-corrected chi connectivity index (χ4v) is 1.04. The van der Waals surface area contributed by atoms with E-state index in [0.717, 1.165) is 12.1 Å². The van der Waals surface area contributed by atoms with Crippen molar-refractivity contribution in [2.75, 3.05) is 0 Å². The Morgan fingerprint density at radius 2 is 1.93 bits per heavy atom. The Morgan fingerprint density at radius 1 is 1.29 bits per heavy atom. The quantitative estimate of drug-likeness (QED) is 0.754. The van der Waals surface area contributed by atoms with Crippen LogP contribution in [0.4, 0.5) is 13.2 Å². The zero-order valence-corrected chi connectivity index (χ0v) is 7.10. The number of hydrogen-bond donors (Lipinski definition) is 1. The molecule has 0 aliphatic heterocycles. The Labute approximate surface area is 78.8 Å². The maximum absolute atomic E-state index is 12.3. The number of benzene rings is 1. The lowest BCUT2D eigenvalue weighted by atomic mass is 10.1. The van der Waals surface area contributed by atoms with Crippen molar-refractivity contribution < 1.29 is 13.2 Å². The van der Waals surface area contributed by atoms with Gasteiger partial charge in [-0.05, 0) is 23.8 Å². The minimum atomic E-state index is -4.43. The van der Waals surface area contributed by atoms with E-state index in [2.05, 4.69) is 0 Å². The van der Waals surface area contributed by atoms with Gasteiger partial charge in [0.05, 0.1) is 17.2 Å². The highest BCUT2D eigenvalue weighted by Crippen LogP contribution is 2.30. The summed E-state index contributed by atoms with van der Waals surface area (Å²) in [5, 5.41) is 8.49. The van der Waals surface area contributed by atoms with Crippen LogP contribution in [0.1, 0.15) is 16.7 Å². The molecule has 2 N–H and O–H groups in total. The van der Waals surface area contributed by atoms with Gasteiger partial charge in [0.2, 0.25) is 0 Å². The summed E-state index contributed by atoms with van der Waals surface area (Å²) in [6, 6.07) is 4.75. The molecular formula is C9H7F3N2. The number of nitrogens with zero attached hydrogens (tertiary/aromatic N) is 1. The molecule has 5 heteroatoms. The molecule has 0 aromatic heterocycles. The standard InChI is InChI=1S/C9H7F3N2/c10-9(11,12)8-2-6(4-13)1-7(3-8)5-14/h1-3H,4,13H2. The maximum atomic E-state index is 12.3. The molecule has 1 aromatic carbocycles. The summed E-state index contributed by atoms with van der Waals surface area (Å²) >= 11 is 0. The Kier molecular flexibility index (Phi) is 2.77. The molecule has 0 saturated carbocycles. The lowest BCUT2D eigenvalue weighted by Crippen LogP contribution is -2.07. The first-order valence-electron chi connectivity index (χ1n) is 3.78. The molecule has 0 saturated heterocycles. The molecule has 1 rings (SSSR count). The second-order valence-electron chi connectivity index (χ2n) is 2.73. The first-order chi connectivity index (χ1) is 6.47. The van der Waals surface area contributed by atoms with Crippen LogP contribution in [0.3, 0.4) is 0 Å². The van der Waals surface area contributed by atoms with Crippen molar-refractivity contribution in [3.8, 4) is 6.07 Å².